The Kier molecular flexibility index (Phi) is 3.29. The summed E-state index contributed by atoms with van der Waals surface area (Å²) in [4.78, 5) is 13.1. The number of amides is 1. The molecule has 0 spiro atoms. The molecule has 1 fully saturated rings. The lowest BCUT2D eigenvalue weighted by Gasteiger charge is -2.35. The fraction of sp³-hybridized carbons (Fsp3) is 0.583. The standard InChI is InChI=1S/C12H17NO5/c1-7-3-4-13(9(15)5-7)11-12(2,17)10(16)8(6-14)18-11/h3-4,8,10-11,14,16-17H,1,5-6H2,2H3. The van der Waals surface area contributed by atoms with Gasteiger partial charge in [-0.1, -0.05) is 6.58 Å². The number of aliphatic hydroxyl groups excluding tert-OH is 2. The van der Waals surface area contributed by atoms with E-state index in [1.165, 1.54) is 18.0 Å². The summed E-state index contributed by atoms with van der Waals surface area (Å²) >= 11 is 0. The number of carbonyl (C=O) groups is 1. The molecule has 0 radical (unpaired) electrons. The minimum absolute atomic E-state index is 0.145. The van der Waals surface area contributed by atoms with Crippen LogP contribution in [0, 0.1) is 0 Å². The Morgan fingerprint density at radius 1 is 1.67 bits per heavy atom. The van der Waals surface area contributed by atoms with Crippen LogP contribution >= 0.6 is 0 Å². The second-order valence-electron chi connectivity index (χ2n) is 4.83. The van der Waals surface area contributed by atoms with Gasteiger partial charge in [0, 0.05) is 6.20 Å². The monoisotopic (exact) mass is 255 g/mol. The fourth-order valence-corrected chi connectivity index (χ4v) is 2.21. The zero-order valence-corrected chi connectivity index (χ0v) is 10.1. The molecule has 0 aromatic rings. The number of rotatable bonds is 2. The predicted octanol–water partition coefficient (Wildman–Crippen LogP) is -0.882. The first-order chi connectivity index (χ1) is 8.37. The second kappa shape index (κ2) is 4.47. The van der Waals surface area contributed by atoms with Gasteiger partial charge >= 0.3 is 0 Å². The highest BCUT2D eigenvalue weighted by Crippen LogP contribution is 2.34. The summed E-state index contributed by atoms with van der Waals surface area (Å²) in [5.41, 5.74) is -0.959. The van der Waals surface area contributed by atoms with E-state index in [9.17, 15) is 15.0 Å². The van der Waals surface area contributed by atoms with Crippen LogP contribution in [0.4, 0.5) is 0 Å². The molecule has 0 bridgehead atoms. The van der Waals surface area contributed by atoms with E-state index in [1.54, 1.807) is 6.08 Å². The molecule has 18 heavy (non-hydrogen) atoms. The lowest BCUT2D eigenvalue weighted by Crippen LogP contribution is -2.53. The van der Waals surface area contributed by atoms with Crippen molar-refractivity contribution in [2.75, 3.05) is 6.61 Å². The second-order valence-corrected chi connectivity index (χ2v) is 4.83. The Bertz CT molecular complexity index is 403. The number of ether oxygens (including phenoxy) is 1. The van der Waals surface area contributed by atoms with Crippen molar-refractivity contribution in [1.82, 2.24) is 4.90 Å². The fourth-order valence-electron chi connectivity index (χ4n) is 2.21. The van der Waals surface area contributed by atoms with E-state index in [1.807, 2.05) is 0 Å². The first-order valence-electron chi connectivity index (χ1n) is 5.72. The number of hydrogen-bond donors (Lipinski definition) is 3. The van der Waals surface area contributed by atoms with Gasteiger partial charge in [0.05, 0.1) is 13.0 Å². The van der Waals surface area contributed by atoms with Crippen molar-refractivity contribution in [3.05, 3.63) is 24.4 Å². The number of nitrogens with zero attached hydrogens (tertiary/aromatic N) is 1. The zero-order chi connectivity index (χ0) is 13.5. The summed E-state index contributed by atoms with van der Waals surface area (Å²) in [5.74, 6) is -0.265. The van der Waals surface area contributed by atoms with Crippen molar-refractivity contribution in [3.63, 3.8) is 0 Å². The minimum Gasteiger partial charge on any atom is -0.394 e. The van der Waals surface area contributed by atoms with Crippen LogP contribution in [-0.4, -0.2) is 56.8 Å². The van der Waals surface area contributed by atoms with Gasteiger partial charge in [-0.15, -0.1) is 0 Å². The van der Waals surface area contributed by atoms with Crippen LogP contribution in [0.15, 0.2) is 24.4 Å². The zero-order valence-electron chi connectivity index (χ0n) is 10.1. The van der Waals surface area contributed by atoms with Crippen LogP contribution < -0.4 is 0 Å². The third kappa shape index (κ3) is 1.97. The number of allylic oxidation sites excluding steroid dienone is 1. The van der Waals surface area contributed by atoms with Gasteiger partial charge in [0.1, 0.15) is 17.8 Å². The van der Waals surface area contributed by atoms with Crippen molar-refractivity contribution in [3.8, 4) is 0 Å². The maximum absolute atomic E-state index is 11.9. The van der Waals surface area contributed by atoms with E-state index in [0.29, 0.717) is 5.57 Å². The molecule has 6 heteroatoms. The van der Waals surface area contributed by atoms with Crippen LogP contribution in [0.2, 0.25) is 0 Å². The smallest absolute Gasteiger partial charge is 0.233 e. The van der Waals surface area contributed by atoms with Gasteiger partial charge in [0.25, 0.3) is 0 Å². The van der Waals surface area contributed by atoms with Gasteiger partial charge in [-0.2, -0.15) is 0 Å². The lowest BCUT2D eigenvalue weighted by atomic mass is 9.95. The average molecular weight is 255 g/mol. The first-order valence-corrected chi connectivity index (χ1v) is 5.72. The van der Waals surface area contributed by atoms with Crippen molar-refractivity contribution < 1.29 is 24.9 Å². The maximum Gasteiger partial charge on any atom is 0.233 e. The summed E-state index contributed by atoms with van der Waals surface area (Å²) in [5, 5.41) is 29.1. The molecular weight excluding hydrogens is 238 g/mol. The van der Waals surface area contributed by atoms with Crippen LogP contribution in [0.3, 0.4) is 0 Å². The number of aliphatic hydroxyl groups is 3. The van der Waals surface area contributed by atoms with Crippen LogP contribution in [0.5, 0.6) is 0 Å². The summed E-state index contributed by atoms with van der Waals surface area (Å²) in [6.45, 7) is 4.63. The van der Waals surface area contributed by atoms with Crippen molar-refractivity contribution in [2.45, 2.75) is 37.4 Å². The highest BCUT2D eigenvalue weighted by Gasteiger charge is 2.55. The predicted molar refractivity (Wildman–Crippen MR) is 62.1 cm³/mol. The third-order valence-electron chi connectivity index (χ3n) is 3.32. The van der Waals surface area contributed by atoms with Gasteiger partial charge in [0.2, 0.25) is 5.91 Å². The molecule has 2 aliphatic heterocycles. The van der Waals surface area contributed by atoms with Gasteiger partial charge in [-0.05, 0) is 18.6 Å². The molecule has 3 N–H and O–H groups in total. The first kappa shape index (κ1) is 13.2. The summed E-state index contributed by atoms with van der Waals surface area (Å²) in [6.07, 6.45) is 0.0997. The van der Waals surface area contributed by atoms with E-state index < -0.39 is 30.6 Å². The van der Waals surface area contributed by atoms with Crippen LogP contribution in [-0.2, 0) is 9.53 Å². The van der Waals surface area contributed by atoms with Gasteiger partial charge in [-0.3, -0.25) is 9.69 Å². The minimum atomic E-state index is -1.63. The Morgan fingerprint density at radius 3 is 2.83 bits per heavy atom. The number of carbonyl (C=O) groups excluding carboxylic acids is 1. The molecule has 2 heterocycles. The van der Waals surface area contributed by atoms with E-state index in [-0.39, 0.29) is 12.3 Å². The molecule has 1 saturated heterocycles. The summed E-state index contributed by atoms with van der Waals surface area (Å²) in [6, 6.07) is 0. The quantitative estimate of drug-likeness (QED) is 0.596. The molecule has 6 nitrogen and oxygen atoms in total. The molecule has 1 amide bonds. The number of hydrogen-bond acceptors (Lipinski definition) is 5. The molecule has 0 aliphatic carbocycles. The molecule has 0 aromatic carbocycles. The molecule has 0 aromatic heterocycles. The normalized spacial score (nSPS) is 40.7. The topological polar surface area (TPSA) is 90.2 Å². The highest BCUT2D eigenvalue weighted by atomic mass is 16.6. The van der Waals surface area contributed by atoms with E-state index in [4.69, 9.17) is 9.84 Å². The molecule has 100 valence electrons. The summed E-state index contributed by atoms with van der Waals surface area (Å²) < 4.78 is 5.36. The van der Waals surface area contributed by atoms with Crippen molar-refractivity contribution >= 4 is 5.91 Å². The van der Waals surface area contributed by atoms with Gasteiger partial charge in [0.15, 0.2) is 6.23 Å². The van der Waals surface area contributed by atoms with E-state index in [0.717, 1.165) is 0 Å². The highest BCUT2D eigenvalue weighted by molar-refractivity contribution is 5.82. The molecule has 2 rings (SSSR count). The molecular formula is C12H17NO5. The van der Waals surface area contributed by atoms with E-state index >= 15 is 0 Å². The SMILES string of the molecule is C=C1C=CN(C2OC(CO)C(O)C2(C)O)C(=O)C1. The maximum atomic E-state index is 11.9. The van der Waals surface area contributed by atoms with Gasteiger partial charge in [-0.25, -0.2) is 0 Å². The van der Waals surface area contributed by atoms with Gasteiger partial charge < -0.3 is 20.1 Å². The molecule has 4 atom stereocenters. The Labute approximate surface area is 105 Å². The molecule has 2 aliphatic rings. The largest absolute Gasteiger partial charge is 0.394 e. The lowest BCUT2D eigenvalue weighted by molar-refractivity contribution is -0.156. The molecule has 0 saturated carbocycles. The summed E-state index contributed by atoms with van der Waals surface area (Å²) in [7, 11) is 0. The van der Waals surface area contributed by atoms with Crippen LogP contribution in [0.25, 0.3) is 0 Å². The van der Waals surface area contributed by atoms with Crippen molar-refractivity contribution in [1.29, 1.82) is 0 Å². The Balaban J connectivity index is 2.26. The molecule has 4 unspecified atom stereocenters. The van der Waals surface area contributed by atoms with E-state index in [2.05, 4.69) is 6.58 Å². The van der Waals surface area contributed by atoms with Crippen LogP contribution in [0.1, 0.15) is 13.3 Å². The third-order valence-corrected chi connectivity index (χ3v) is 3.32. The average Bonchev–Trinajstić information content (AvgIpc) is 2.52. The Morgan fingerprint density at radius 2 is 2.33 bits per heavy atom. The Hall–Kier alpha value is -1.21. The van der Waals surface area contributed by atoms with Crippen molar-refractivity contribution in [2.24, 2.45) is 0 Å².